The van der Waals surface area contributed by atoms with Gasteiger partial charge in [-0.2, -0.15) is 0 Å². The van der Waals surface area contributed by atoms with Gasteiger partial charge in [-0.15, -0.1) is 0 Å². The van der Waals surface area contributed by atoms with Crippen LogP contribution in [0.2, 0.25) is 0 Å². The van der Waals surface area contributed by atoms with Gasteiger partial charge in [-0.25, -0.2) is 4.79 Å². The van der Waals surface area contributed by atoms with Crippen molar-refractivity contribution in [2.75, 3.05) is 0 Å². The largest absolute Gasteiger partial charge is 0.478 e. The number of carboxylic acids is 1. The lowest BCUT2D eigenvalue weighted by Gasteiger charge is -2.11. The molecule has 1 amide bonds. The number of rotatable bonds is 3. The molecular formula is C10H13NO3. The Morgan fingerprint density at radius 1 is 1.14 bits per heavy atom. The minimum Gasteiger partial charge on any atom is -0.478 e. The molecule has 14 heavy (non-hydrogen) atoms. The Bertz CT molecular complexity index is 288. The molecular weight excluding hydrogens is 182 g/mol. The molecule has 2 fully saturated rings. The molecule has 4 nitrogen and oxygen atoms in total. The average Bonchev–Trinajstić information content (AvgIpc) is 2.71. The van der Waals surface area contributed by atoms with Gasteiger partial charge in [0, 0.05) is 18.2 Å². The number of hydrogen-bond donors (Lipinski definition) is 2. The Kier molecular flexibility index (Phi) is 2.27. The van der Waals surface area contributed by atoms with Crippen LogP contribution in [-0.4, -0.2) is 23.0 Å². The maximum atomic E-state index is 11.2. The maximum absolute atomic E-state index is 11.2. The SMILES string of the molecule is O=C(O)/C=C\C(=O)NC1CC2CC2C1. The van der Waals surface area contributed by atoms with E-state index in [1.807, 2.05) is 0 Å². The maximum Gasteiger partial charge on any atom is 0.328 e. The first-order valence-corrected chi connectivity index (χ1v) is 4.86. The van der Waals surface area contributed by atoms with Gasteiger partial charge in [0.15, 0.2) is 0 Å². The van der Waals surface area contributed by atoms with Crippen LogP contribution in [0.5, 0.6) is 0 Å². The van der Waals surface area contributed by atoms with E-state index in [1.54, 1.807) is 0 Å². The molecule has 2 N–H and O–H groups in total. The van der Waals surface area contributed by atoms with E-state index in [0.29, 0.717) is 0 Å². The van der Waals surface area contributed by atoms with Crippen molar-refractivity contribution >= 4 is 11.9 Å². The fourth-order valence-corrected chi connectivity index (χ4v) is 2.23. The van der Waals surface area contributed by atoms with Gasteiger partial charge in [-0.05, 0) is 31.1 Å². The molecule has 0 saturated heterocycles. The van der Waals surface area contributed by atoms with E-state index in [-0.39, 0.29) is 11.9 Å². The Morgan fingerprint density at radius 2 is 1.79 bits per heavy atom. The lowest BCUT2D eigenvalue weighted by Crippen LogP contribution is -2.32. The smallest absolute Gasteiger partial charge is 0.328 e. The van der Waals surface area contributed by atoms with Crippen molar-refractivity contribution < 1.29 is 14.7 Å². The quantitative estimate of drug-likeness (QED) is 0.646. The highest BCUT2D eigenvalue weighted by molar-refractivity contribution is 5.94. The minimum absolute atomic E-state index is 0.268. The van der Waals surface area contributed by atoms with Gasteiger partial charge in [0.05, 0.1) is 0 Å². The Labute approximate surface area is 82.0 Å². The zero-order valence-electron chi connectivity index (χ0n) is 7.77. The standard InChI is InChI=1S/C10H13NO3/c12-9(1-2-10(13)14)11-8-4-6-3-7(6)5-8/h1-2,6-8H,3-5H2,(H,11,12)(H,13,14)/b2-1-. The van der Waals surface area contributed by atoms with Crippen LogP contribution in [-0.2, 0) is 9.59 Å². The number of fused-ring (bicyclic) bond motifs is 1. The zero-order chi connectivity index (χ0) is 10.1. The van der Waals surface area contributed by atoms with Crippen LogP contribution in [0.15, 0.2) is 12.2 Å². The summed E-state index contributed by atoms with van der Waals surface area (Å²) in [6.07, 6.45) is 5.39. The molecule has 0 aliphatic heterocycles. The molecule has 4 heteroatoms. The summed E-state index contributed by atoms with van der Waals surface area (Å²) in [4.78, 5) is 21.3. The van der Waals surface area contributed by atoms with Crippen molar-refractivity contribution in [2.45, 2.75) is 25.3 Å². The van der Waals surface area contributed by atoms with Crippen molar-refractivity contribution in [2.24, 2.45) is 11.8 Å². The summed E-state index contributed by atoms with van der Waals surface area (Å²) < 4.78 is 0. The molecule has 0 heterocycles. The highest BCUT2D eigenvalue weighted by atomic mass is 16.4. The van der Waals surface area contributed by atoms with Crippen LogP contribution in [0.4, 0.5) is 0 Å². The Morgan fingerprint density at radius 3 is 2.36 bits per heavy atom. The van der Waals surface area contributed by atoms with Gasteiger partial charge >= 0.3 is 5.97 Å². The summed E-state index contributed by atoms with van der Waals surface area (Å²) >= 11 is 0. The van der Waals surface area contributed by atoms with Crippen molar-refractivity contribution in [3.05, 3.63) is 12.2 Å². The van der Waals surface area contributed by atoms with E-state index >= 15 is 0 Å². The van der Waals surface area contributed by atoms with Gasteiger partial charge in [0.2, 0.25) is 5.91 Å². The second-order valence-corrected chi connectivity index (χ2v) is 4.10. The van der Waals surface area contributed by atoms with Gasteiger partial charge < -0.3 is 10.4 Å². The van der Waals surface area contributed by atoms with Gasteiger partial charge in [-0.1, -0.05) is 0 Å². The topological polar surface area (TPSA) is 66.4 Å². The van der Waals surface area contributed by atoms with Crippen molar-refractivity contribution in [1.29, 1.82) is 0 Å². The third kappa shape index (κ3) is 2.13. The molecule has 2 rings (SSSR count). The molecule has 0 aromatic carbocycles. The number of hydrogen-bond acceptors (Lipinski definition) is 2. The van der Waals surface area contributed by atoms with E-state index in [2.05, 4.69) is 5.32 Å². The van der Waals surface area contributed by atoms with Gasteiger partial charge in [0.1, 0.15) is 0 Å². The van der Waals surface area contributed by atoms with E-state index < -0.39 is 5.97 Å². The van der Waals surface area contributed by atoms with Crippen LogP contribution in [0.25, 0.3) is 0 Å². The van der Waals surface area contributed by atoms with Crippen molar-refractivity contribution in [1.82, 2.24) is 5.32 Å². The molecule has 2 unspecified atom stereocenters. The van der Waals surface area contributed by atoms with Crippen molar-refractivity contribution in [3.63, 3.8) is 0 Å². The molecule has 2 atom stereocenters. The van der Waals surface area contributed by atoms with E-state index in [9.17, 15) is 9.59 Å². The van der Waals surface area contributed by atoms with Crippen LogP contribution in [0.3, 0.4) is 0 Å². The second-order valence-electron chi connectivity index (χ2n) is 4.10. The first-order chi connectivity index (χ1) is 6.65. The molecule has 2 aliphatic carbocycles. The van der Waals surface area contributed by atoms with Crippen LogP contribution < -0.4 is 5.32 Å². The first kappa shape index (κ1) is 9.24. The Hall–Kier alpha value is -1.32. The molecule has 76 valence electrons. The van der Waals surface area contributed by atoms with Crippen LogP contribution in [0.1, 0.15) is 19.3 Å². The average molecular weight is 195 g/mol. The van der Waals surface area contributed by atoms with E-state index in [1.165, 1.54) is 6.42 Å². The van der Waals surface area contributed by atoms with E-state index in [4.69, 9.17) is 5.11 Å². The third-order valence-corrected chi connectivity index (χ3v) is 2.97. The molecule has 0 aromatic rings. The number of amides is 1. The fourth-order valence-electron chi connectivity index (χ4n) is 2.23. The lowest BCUT2D eigenvalue weighted by molar-refractivity contribution is -0.131. The predicted molar refractivity (Wildman–Crippen MR) is 49.5 cm³/mol. The Balaban J connectivity index is 1.74. The molecule has 0 aromatic heterocycles. The molecule has 2 aliphatic rings. The summed E-state index contributed by atoms with van der Waals surface area (Å²) in [6.45, 7) is 0. The first-order valence-electron chi connectivity index (χ1n) is 4.86. The molecule has 0 bridgehead atoms. The summed E-state index contributed by atoms with van der Waals surface area (Å²) in [7, 11) is 0. The highest BCUT2D eigenvalue weighted by Crippen LogP contribution is 2.51. The van der Waals surface area contributed by atoms with Crippen molar-refractivity contribution in [3.8, 4) is 0 Å². The summed E-state index contributed by atoms with van der Waals surface area (Å²) in [5, 5.41) is 11.1. The number of carbonyl (C=O) groups is 2. The van der Waals surface area contributed by atoms with Crippen LogP contribution in [0, 0.1) is 11.8 Å². The summed E-state index contributed by atoms with van der Waals surface area (Å²) in [5.74, 6) is 0.264. The van der Waals surface area contributed by atoms with E-state index in [0.717, 1.165) is 36.8 Å². The minimum atomic E-state index is -1.09. The number of nitrogens with one attached hydrogen (secondary N) is 1. The molecule has 0 radical (unpaired) electrons. The highest BCUT2D eigenvalue weighted by Gasteiger charge is 2.45. The number of carboxylic acid groups (broad SMARTS) is 1. The molecule has 0 spiro atoms. The predicted octanol–water partition coefficient (Wildman–Crippen LogP) is 0.542. The van der Waals surface area contributed by atoms with Crippen LogP contribution >= 0.6 is 0 Å². The number of aliphatic carboxylic acids is 1. The monoisotopic (exact) mass is 195 g/mol. The second kappa shape index (κ2) is 3.44. The summed E-state index contributed by atoms with van der Waals surface area (Å²) in [6, 6.07) is 0.268. The summed E-state index contributed by atoms with van der Waals surface area (Å²) in [5.41, 5.74) is 0. The fraction of sp³-hybridized carbons (Fsp3) is 0.600. The van der Waals surface area contributed by atoms with Gasteiger partial charge in [0.25, 0.3) is 0 Å². The third-order valence-electron chi connectivity index (χ3n) is 2.97. The number of carbonyl (C=O) groups excluding carboxylic acids is 1. The molecule has 2 saturated carbocycles. The zero-order valence-corrected chi connectivity index (χ0v) is 7.77. The normalized spacial score (nSPS) is 34.1. The lowest BCUT2D eigenvalue weighted by atomic mass is 10.1. The van der Waals surface area contributed by atoms with Gasteiger partial charge in [-0.3, -0.25) is 4.79 Å².